The Morgan fingerprint density at radius 3 is 2.87 bits per heavy atom. The summed E-state index contributed by atoms with van der Waals surface area (Å²) in [6, 6.07) is 10.6. The van der Waals surface area contributed by atoms with Gasteiger partial charge in [-0.25, -0.2) is 9.97 Å². The van der Waals surface area contributed by atoms with Crippen LogP contribution in [0, 0.1) is 17.2 Å². The number of ether oxygens (including phenoxy) is 1. The SMILES string of the molecule is N#C[C@H]1CCN(C2COc3ccccc3[C@@H]2Nc2ncnc3[nH]c(C(F)(F)F)cc23)C1. The Kier molecular flexibility index (Phi) is 4.70. The van der Waals surface area contributed by atoms with Gasteiger partial charge in [0, 0.05) is 18.7 Å². The lowest BCUT2D eigenvalue weighted by Crippen LogP contribution is -2.47. The third kappa shape index (κ3) is 3.55. The molecule has 3 aromatic rings. The maximum Gasteiger partial charge on any atom is 0.431 e. The number of H-pyrrole nitrogens is 1. The number of hydrogen-bond donors (Lipinski definition) is 2. The number of para-hydroxylation sites is 1. The zero-order chi connectivity index (χ0) is 21.6. The summed E-state index contributed by atoms with van der Waals surface area (Å²) in [6.07, 6.45) is -2.48. The fourth-order valence-electron chi connectivity index (χ4n) is 4.39. The summed E-state index contributed by atoms with van der Waals surface area (Å²) < 4.78 is 45.6. The van der Waals surface area contributed by atoms with Crippen LogP contribution in [0.2, 0.25) is 0 Å². The lowest BCUT2D eigenvalue weighted by Gasteiger charge is -2.39. The second-order valence-corrected chi connectivity index (χ2v) is 7.81. The van der Waals surface area contributed by atoms with E-state index in [2.05, 4.69) is 31.2 Å². The van der Waals surface area contributed by atoms with Crippen LogP contribution in [0.5, 0.6) is 5.75 Å². The quantitative estimate of drug-likeness (QED) is 0.661. The highest BCUT2D eigenvalue weighted by atomic mass is 19.4. The minimum atomic E-state index is -4.51. The Bertz CT molecular complexity index is 1150. The largest absolute Gasteiger partial charge is 0.491 e. The van der Waals surface area contributed by atoms with Crippen molar-refractivity contribution >= 4 is 16.9 Å². The highest BCUT2D eigenvalue weighted by molar-refractivity contribution is 5.88. The molecule has 31 heavy (non-hydrogen) atoms. The minimum absolute atomic E-state index is 0.0393. The topological polar surface area (TPSA) is 89.9 Å². The molecule has 0 amide bonds. The number of rotatable bonds is 3. The van der Waals surface area contributed by atoms with Gasteiger partial charge in [-0.3, -0.25) is 4.90 Å². The Labute approximate surface area is 175 Å². The summed E-state index contributed by atoms with van der Waals surface area (Å²) >= 11 is 0. The van der Waals surface area contributed by atoms with Crippen LogP contribution < -0.4 is 10.1 Å². The lowest BCUT2D eigenvalue weighted by molar-refractivity contribution is -0.140. The summed E-state index contributed by atoms with van der Waals surface area (Å²) in [4.78, 5) is 12.7. The van der Waals surface area contributed by atoms with Gasteiger partial charge in [-0.15, -0.1) is 0 Å². The molecule has 2 aromatic heterocycles. The molecule has 5 rings (SSSR count). The predicted molar refractivity (Wildman–Crippen MR) is 106 cm³/mol. The molecule has 160 valence electrons. The molecular formula is C21H19F3N6O. The van der Waals surface area contributed by atoms with Crippen LogP contribution in [0.3, 0.4) is 0 Å². The molecule has 1 aromatic carbocycles. The molecule has 3 atom stereocenters. The second kappa shape index (κ2) is 7.42. The molecule has 2 N–H and O–H groups in total. The first-order chi connectivity index (χ1) is 14.9. The van der Waals surface area contributed by atoms with Gasteiger partial charge < -0.3 is 15.0 Å². The van der Waals surface area contributed by atoms with Crippen molar-refractivity contribution in [1.29, 1.82) is 5.26 Å². The first-order valence-electron chi connectivity index (χ1n) is 9.97. The van der Waals surface area contributed by atoms with Crippen molar-refractivity contribution in [3.05, 3.63) is 47.9 Å². The summed E-state index contributed by atoms with van der Waals surface area (Å²) in [5, 5.41) is 12.9. The van der Waals surface area contributed by atoms with E-state index in [9.17, 15) is 18.4 Å². The van der Waals surface area contributed by atoms with Crippen LogP contribution in [0.1, 0.15) is 23.7 Å². The maximum atomic E-state index is 13.2. The predicted octanol–water partition coefficient (Wildman–Crippen LogP) is 3.74. The van der Waals surface area contributed by atoms with Gasteiger partial charge >= 0.3 is 6.18 Å². The normalized spacial score (nSPS) is 23.9. The Morgan fingerprint density at radius 2 is 2.10 bits per heavy atom. The van der Waals surface area contributed by atoms with Gasteiger partial charge in [0.25, 0.3) is 0 Å². The Hall–Kier alpha value is -3.32. The number of nitrogens with zero attached hydrogens (tertiary/aromatic N) is 4. The molecule has 0 saturated carbocycles. The molecule has 1 unspecified atom stereocenters. The van der Waals surface area contributed by atoms with E-state index >= 15 is 0 Å². The number of aromatic amines is 1. The van der Waals surface area contributed by atoms with Crippen LogP contribution in [0.25, 0.3) is 11.0 Å². The van der Waals surface area contributed by atoms with Crippen LogP contribution in [0.15, 0.2) is 36.7 Å². The smallest absolute Gasteiger partial charge is 0.431 e. The van der Waals surface area contributed by atoms with Crippen molar-refractivity contribution in [2.24, 2.45) is 5.92 Å². The van der Waals surface area contributed by atoms with E-state index in [1.165, 1.54) is 6.33 Å². The highest BCUT2D eigenvalue weighted by Gasteiger charge is 2.39. The van der Waals surface area contributed by atoms with Crippen molar-refractivity contribution in [3.8, 4) is 11.8 Å². The Morgan fingerprint density at radius 1 is 1.26 bits per heavy atom. The van der Waals surface area contributed by atoms with Crippen LogP contribution >= 0.6 is 0 Å². The highest BCUT2D eigenvalue weighted by Crippen LogP contribution is 2.39. The van der Waals surface area contributed by atoms with Gasteiger partial charge in [0.15, 0.2) is 0 Å². The first-order valence-corrected chi connectivity index (χ1v) is 9.97. The monoisotopic (exact) mass is 428 g/mol. The molecule has 0 bridgehead atoms. The maximum absolute atomic E-state index is 13.2. The van der Waals surface area contributed by atoms with Crippen molar-refractivity contribution in [2.45, 2.75) is 24.7 Å². The zero-order valence-corrected chi connectivity index (χ0v) is 16.4. The van der Waals surface area contributed by atoms with E-state index < -0.39 is 11.9 Å². The van der Waals surface area contributed by atoms with Crippen molar-refractivity contribution in [1.82, 2.24) is 19.9 Å². The summed E-state index contributed by atoms with van der Waals surface area (Å²) in [5.41, 5.74) is 0.149. The molecular weight excluding hydrogens is 409 g/mol. The fourth-order valence-corrected chi connectivity index (χ4v) is 4.39. The van der Waals surface area contributed by atoms with Gasteiger partial charge in [0.2, 0.25) is 0 Å². The van der Waals surface area contributed by atoms with Crippen molar-refractivity contribution < 1.29 is 17.9 Å². The Balaban J connectivity index is 1.53. The average Bonchev–Trinajstić information content (AvgIpc) is 3.41. The van der Waals surface area contributed by atoms with E-state index in [1.54, 1.807) is 0 Å². The number of anilines is 1. The van der Waals surface area contributed by atoms with Gasteiger partial charge in [0.05, 0.1) is 29.5 Å². The van der Waals surface area contributed by atoms with E-state index in [0.717, 1.165) is 30.3 Å². The molecule has 4 heterocycles. The number of nitriles is 1. The summed E-state index contributed by atoms with van der Waals surface area (Å²) in [7, 11) is 0. The number of halogens is 3. The third-order valence-corrected chi connectivity index (χ3v) is 5.94. The standard InChI is InChI=1S/C21H19F3N6O/c22-21(23,24)17-7-14-19(28-17)26-11-27-20(14)29-18-13-3-1-2-4-16(13)31-10-15(18)30-6-5-12(8-25)9-30/h1-4,7,11-12,15,18H,5-6,9-10H2,(H2,26,27,28,29)/t12-,15?,18+/m1/s1. The molecule has 2 aliphatic heterocycles. The minimum Gasteiger partial charge on any atom is -0.491 e. The molecule has 1 fully saturated rings. The van der Waals surface area contributed by atoms with Crippen molar-refractivity contribution in [2.75, 3.05) is 25.0 Å². The molecule has 0 aliphatic carbocycles. The zero-order valence-electron chi connectivity index (χ0n) is 16.4. The summed E-state index contributed by atoms with van der Waals surface area (Å²) in [6.45, 7) is 1.79. The van der Waals surface area contributed by atoms with Crippen LogP contribution in [-0.4, -0.2) is 45.6 Å². The number of fused-ring (bicyclic) bond motifs is 2. The van der Waals surface area contributed by atoms with E-state index in [4.69, 9.17) is 4.74 Å². The number of benzene rings is 1. The third-order valence-electron chi connectivity index (χ3n) is 5.94. The molecule has 2 aliphatic rings. The number of aromatic nitrogens is 3. The summed E-state index contributed by atoms with van der Waals surface area (Å²) in [5.74, 6) is 1.00. The second-order valence-electron chi connectivity index (χ2n) is 7.81. The number of nitrogens with one attached hydrogen (secondary N) is 2. The molecule has 1 saturated heterocycles. The van der Waals surface area contributed by atoms with Crippen LogP contribution in [0.4, 0.5) is 19.0 Å². The van der Waals surface area contributed by atoms with Crippen molar-refractivity contribution in [3.63, 3.8) is 0 Å². The van der Waals surface area contributed by atoms with E-state index in [1.807, 2.05) is 24.3 Å². The molecule has 0 radical (unpaired) electrons. The van der Waals surface area contributed by atoms with E-state index in [0.29, 0.717) is 19.0 Å². The number of hydrogen-bond acceptors (Lipinski definition) is 6. The lowest BCUT2D eigenvalue weighted by atomic mass is 9.95. The van der Waals surface area contributed by atoms with Gasteiger partial charge in [-0.1, -0.05) is 18.2 Å². The number of alkyl halides is 3. The van der Waals surface area contributed by atoms with Gasteiger partial charge in [0.1, 0.15) is 35.8 Å². The molecule has 10 heteroatoms. The molecule has 7 nitrogen and oxygen atoms in total. The van der Waals surface area contributed by atoms with Crippen LogP contribution in [-0.2, 0) is 6.18 Å². The van der Waals surface area contributed by atoms with E-state index in [-0.39, 0.29) is 29.0 Å². The average molecular weight is 428 g/mol. The first kappa shape index (κ1) is 19.6. The molecule has 0 spiro atoms. The van der Waals surface area contributed by atoms with Gasteiger partial charge in [-0.05, 0) is 18.6 Å². The van der Waals surface area contributed by atoms with Gasteiger partial charge in [-0.2, -0.15) is 18.4 Å². The fraction of sp³-hybridized carbons (Fsp3) is 0.381. The number of likely N-dealkylation sites (tertiary alicyclic amines) is 1.